The lowest BCUT2D eigenvalue weighted by molar-refractivity contribution is 0.318. The standard InChI is InChI=1S/C22H25ClN6OS2/c1-26(2)9-5-11-31-22-25-24-21-28(15-7-4-6-14(23)12-15)19(30)18-16-8-10-27(3)13-17(16)32-20(18)29(21)22/h4,6-7,12H,5,8-11,13H2,1-3H3. The fourth-order valence-corrected chi connectivity index (χ4v) is 6.68. The van der Waals surface area contributed by atoms with Crippen LogP contribution < -0.4 is 5.56 Å². The Morgan fingerprint density at radius 1 is 1.28 bits per heavy atom. The van der Waals surface area contributed by atoms with E-state index in [2.05, 4.69) is 45.5 Å². The first-order valence-corrected chi connectivity index (χ1v) is 12.8. The summed E-state index contributed by atoms with van der Waals surface area (Å²) in [5.74, 6) is 1.47. The van der Waals surface area contributed by atoms with E-state index in [0.717, 1.165) is 53.6 Å². The van der Waals surface area contributed by atoms with Crippen LogP contribution >= 0.6 is 34.7 Å². The number of nitrogens with zero attached hydrogens (tertiary/aromatic N) is 6. The smallest absolute Gasteiger partial charge is 0.268 e. The minimum absolute atomic E-state index is 0.0478. The lowest BCUT2D eigenvalue weighted by Crippen LogP contribution is -2.27. The van der Waals surface area contributed by atoms with Crippen molar-refractivity contribution in [2.24, 2.45) is 0 Å². The van der Waals surface area contributed by atoms with Crippen molar-refractivity contribution in [1.82, 2.24) is 29.0 Å². The Morgan fingerprint density at radius 3 is 2.91 bits per heavy atom. The number of aromatic nitrogens is 4. The molecule has 4 heterocycles. The van der Waals surface area contributed by atoms with E-state index >= 15 is 0 Å². The van der Waals surface area contributed by atoms with Gasteiger partial charge in [0.15, 0.2) is 5.16 Å². The quantitative estimate of drug-likeness (QED) is 0.304. The van der Waals surface area contributed by atoms with Crippen LogP contribution in [-0.2, 0) is 13.0 Å². The van der Waals surface area contributed by atoms with Crippen molar-refractivity contribution in [3.63, 3.8) is 0 Å². The Hall–Kier alpha value is -1.91. The molecule has 4 aromatic rings. The minimum Gasteiger partial charge on any atom is -0.309 e. The monoisotopic (exact) mass is 488 g/mol. The summed E-state index contributed by atoms with van der Waals surface area (Å²) in [7, 11) is 6.28. The van der Waals surface area contributed by atoms with Gasteiger partial charge in [-0.25, -0.2) is 8.97 Å². The topological polar surface area (TPSA) is 58.7 Å². The molecular formula is C22H25ClN6OS2. The zero-order valence-corrected chi connectivity index (χ0v) is 20.7. The maximum absolute atomic E-state index is 13.8. The molecule has 7 nitrogen and oxygen atoms in total. The molecule has 0 amide bonds. The summed E-state index contributed by atoms with van der Waals surface area (Å²) in [6.45, 7) is 2.83. The van der Waals surface area contributed by atoms with Gasteiger partial charge in [0.05, 0.1) is 11.1 Å². The number of thioether (sulfide) groups is 1. The molecule has 0 bridgehead atoms. The summed E-state index contributed by atoms with van der Waals surface area (Å²) in [6.07, 6.45) is 1.92. The molecule has 32 heavy (non-hydrogen) atoms. The first-order valence-electron chi connectivity index (χ1n) is 10.6. The highest BCUT2D eigenvalue weighted by Crippen LogP contribution is 2.35. The van der Waals surface area contributed by atoms with E-state index in [1.165, 1.54) is 10.4 Å². The molecule has 1 aliphatic rings. The SMILES string of the molecule is CN(C)CCCSc1nnc2n(-c3cccc(Cl)c3)c(=O)c3c4c(sc3n12)CN(C)CC4. The number of fused-ring (bicyclic) bond motifs is 5. The number of likely N-dealkylation sites (N-methyl/N-ethyl adjacent to an activating group) is 1. The van der Waals surface area contributed by atoms with Gasteiger partial charge in [0.25, 0.3) is 5.56 Å². The van der Waals surface area contributed by atoms with Gasteiger partial charge < -0.3 is 9.80 Å². The van der Waals surface area contributed by atoms with Crippen molar-refractivity contribution >= 4 is 50.7 Å². The highest BCUT2D eigenvalue weighted by molar-refractivity contribution is 7.99. The molecule has 0 saturated heterocycles. The van der Waals surface area contributed by atoms with Crippen LogP contribution in [0.2, 0.25) is 5.02 Å². The third-order valence-electron chi connectivity index (χ3n) is 5.71. The molecule has 0 fully saturated rings. The number of benzene rings is 1. The van der Waals surface area contributed by atoms with Gasteiger partial charge >= 0.3 is 0 Å². The molecule has 168 valence electrons. The second-order valence-electron chi connectivity index (χ2n) is 8.42. The molecule has 0 aliphatic carbocycles. The second-order valence-corrected chi connectivity index (χ2v) is 11.0. The van der Waals surface area contributed by atoms with Crippen LogP contribution in [0, 0.1) is 0 Å². The maximum atomic E-state index is 13.8. The summed E-state index contributed by atoms with van der Waals surface area (Å²) < 4.78 is 3.73. The van der Waals surface area contributed by atoms with E-state index in [-0.39, 0.29) is 5.56 Å². The third kappa shape index (κ3) is 3.86. The van der Waals surface area contributed by atoms with E-state index in [1.807, 2.05) is 18.2 Å². The Bertz CT molecular complexity index is 1360. The molecule has 0 atom stereocenters. The molecule has 0 spiro atoms. The number of halogens is 1. The Balaban J connectivity index is 1.74. The van der Waals surface area contributed by atoms with Gasteiger partial charge in [0.1, 0.15) is 4.83 Å². The van der Waals surface area contributed by atoms with Crippen LogP contribution in [0.3, 0.4) is 0 Å². The zero-order valence-electron chi connectivity index (χ0n) is 18.3. The van der Waals surface area contributed by atoms with E-state index < -0.39 is 0 Å². The van der Waals surface area contributed by atoms with E-state index in [9.17, 15) is 4.79 Å². The normalized spacial score (nSPS) is 14.7. The summed E-state index contributed by atoms with van der Waals surface area (Å²) in [5.41, 5.74) is 1.83. The fourth-order valence-electron chi connectivity index (χ4n) is 4.17. The summed E-state index contributed by atoms with van der Waals surface area (Å²) in [5, 5.41) is 11.2. The van der Waals surface area contributed by atoms with Crippen LogP contribution in [0.15, 0.2) is 34.2 Å². The Labute approximate surface area is 199 Å². The van der Waals surface area contributed by atoms with Gasteiger partial charge in [0.2, 0.25) is 5.78 Å². The van der Waals surface area contributed by atoms with Crippen LogP contribution in [0.1, 0.15) is 16.9 Å². The Kier molecular flexibility index (Phi) is 6.02. The molecule has 3 aromatic heterocycles. The predicted molar refractivity (Wildman–Crippen MR) is 133 cm³/mol. The number of hydrogen-bond donors (Lipinski definition) is 0. The van der Waals surface area contributed by atoms with Crippen LogP contribution in [0.5, 0.6) is 0 Å². The molecule has 1 aromatic carbocycles. The van der Waals surface area contributed by atoms with Gasteiger partial charge in [0, 0.05) is 28.7 Å². The second kappa shape index (κ2) is 8.79. The molecule has 0 unspecified atom stereocenters. The van der Waals surface area contributed by atoms with Crippen LogP contribution in [0.25, 0.3) is 21.7 Å². The lowest BCUT2D eigenvalue weighted by Gasteiger charge is -2.21. The van der Waals surface area contributed by atoms with Crippen molar-refractivity contribution in [2.45, 2.75) is 24.5 Å². The largest absolute Gasteiger partial charge is 0.309 e. The fraction of sp³-hybridized carbons (Fsp3) is 0.409. The summed E-state index contributed by atoms with van der Waals surface area (Å²) in [4.78, 5) is 20.5. The van der Waals surface area contributed by atoms with Crippen molar-refractivity contribution in [3.8, 4) is 5.69 Å². The molecule has 0 saturated carbocycles. The number of hydrogen-bond acceptors (Lipinski definition) is 7. The molecule has 0 radical (unpaired) electrons. The average molecular weight is 489 g/mol. The molecule has 0 N–H and O–H groups in total. The van der Waals surface area contributed by atoms with Crippen molar-refractivity contribution in [2.75, 3.05) is 40.0 Å². The van der Waals surface area contributed by atoms with Gasteiger partial charge in [-0.15, -0.1) is 21.5 Å². The Morgan fingerprint density at radius 2 is 2.12 bits per heavy atom. The minimum atomic E-state index is -0.0478. The number of rotatable bonds is 6. The van der Waals surface area contributed by atoms with Crippen molar-refractivity contribution in [1.29, 1.82) is 0 Å². The first kappa shape index (κ1) is 21.9. The summed E-state index contributed by atoms with van der Waals surface area (Å²) in [6, 6.07) is 7.37. The van der Waals surface area contributed by atoms with Gasteiger partial charge in [-0.05, 0) is 64.3 Å². The molecule has 10 heteroatoms. The molecule has 5 rings (SSSR count). The third-order valence-corrected chi connectivity index (χ3v) is 8.16. The van der Waals surface area contributed by atoms with E-state index in [1.54, 1.807) is 33.7 Å². The zero-order chi connectivity index (χ0) is 22.4. The van der Waals surface area contributed by atoms with E-state index in [4.69, 9.17) is 11.6 Å². The lowest BCUT2D eigenvalue weighted by atomic mass is 10.1. The predicted octanol–water partition coefficient (Wildman–Crippen LogP) is 3.78. The van der Waals surface area contributed by atoms with Crippen LogP contribution in [-0.4, -0.2) is 69.0 Å². The number of thiophene rings is 1. The highest BCUT2D eigenvalue weighted by Gasteiger charge is 2.26. The van der Waals surface area contributed by atoms with Gasteiger partial charge in [-0.1, -0.05) is 29.4 Å². The van der Waals surface area contributed by atoms with Crippen LogP contribution in [0.4, 0.5) is 0 Å². The molecule has 1 aliphatic heterocycles. The summed E-state index contributed by atoms with van der Waals surface area (Å²) >= 11 is 9.66. The first-order chi connectivity index (χ1) is 15.4. The van der Waals surface area contributed by atoms with Crippen molar-refractivity contribution < 1.29 is 0 Å². The molecular weight excluding hydrogens is 464 g/mol. The maximum Gasteiger partial charge on any atom is 0.268 e. The van der Waals surface area contributed by atoms with E-state index in [0.29, 0.717) is 16.5 Å². The highest BCUT2D eigenvalue weighted by atomic mass is 35.5. The van der Waals surface area contributed by atoms with Gasteiger partial charge in [-0.3, -0.25) is 4.79 Å². The van der Waals surface area contributed by atoms with Gasteiger partial charge in [-0.2, -0.15) is 0 Å². The van der Waals surface area contributed by atoms with Crippen molar-refractivity contribution in [3.05, 3.63) is 50.1 Å². The average Bonchev–Trinajstić information content (AvgIpc) is 3.32.